The Labute approximate surface area is 112 Å². The third-order valence-corrected chi connectivity index (χ3v) is 2.86. The number of carbonyl (C=O) groups is 1. The monoisotopic (exact) mass is 270 g/mol. The predicted octanol–water partition coefficient (Wildman–Crippen LogP) is 0.895. The summed E-state index contributed by atoms with van der Waals surface area (Å²) in [4.78, 5) is 25.9. The topological polar surface area (TPSA) is 89.9 Å². The Bertz CT molecular complexity index is 836. The number of hydrogen-bond donors (Lipinski definition) is 1. The quantitative estimate of drug-likeness (QED) is 0.698. The SMILES string of the molecule is COC(=O)c1cc2nnn(-c3ccccc3)c2[nH]c1=O. The summed E-state index contributed by atoms with van der Waals surface area (Å²) >= 11 is 0. The first-order chi connectivity index (χ1) is 9.70. The maximum absolute atomic E-state index is 11.9. The lowest BCUT2D eigenvalue weighted by molar-refractivity contribution is 0.0599. The number of esters is 1. The first kappa shape index (κ1) is 12.1. The number of ether oxygens (including phenoxy) is 1. The third-order valence-electron chi connectivity index (χ3n) is 2.86. The van der Waals surface area contributed by atoms with Crippen LogP contribution in [0.2, 0.25) is 0 Å². The highest BCUT2D eigenvalue weighted by molar-refractivity contribution is 5.92. The molecule has 7 heteroatoms. The van der Waals surface area contributed by atoms with E-state index in [9.17, 15) is 9.59 Å². The number of fused-ring (bicyclic) bond motifs is 1. The number of nitrogens with one attached hydrogen (secondary N) is 1. The Morgan fingerprint density at radius 3 is 2.75 bits per heavy atom. The van der Waals surface area contributed by atoms with Gasteiger partial charge in [0, 0.05) is 0 Å². The van der Waals surface area contributed by atoms with Crippen LogP contribution in [0.5, 0.6) is 0 Å². The van der Waals surface area contributed by atoms with Crippen molar-refractivity contribution in [2.45, 2.75) is 0 Å². The van der Waals surface area contributed by atoms with E-state index >= 15 is 0 Å². The molecule has 0 atom stereocenters. The van der Waals surface area contributed by atoms with Gasteiger partial charge < -0.3 is 9.72 Å². The van der Waals surface area contributed by atoms with Crippen molar-refractivity contribution in [3.63, 3.8) is 0 Å². The van der Waals surface area contributed by atoms with Crippen molar-refractivity contribution in [1.82, 2.24) is 20.0 Å². The summed E-state index contributed by atoms with van der Waals surface area (Å²) in [5.41, 5.74) is 0.961. The molecule has 0 spiro atoms. The molecular formula is C13H10N4O3. The molecule has 100 valence electrons. The number of H-pyrrole nitrogens is 1. The number of para-hydroxylation sites is 1. The molecule has 7 nitrogen and oxygen atoms in total. The largest absolute Gasteiger partial charge is 0.465 e. The fourth-order valence-electron chi connectivity index (χ4n) is 1.90. The molecule has 0 fully saturated rings. The number of aromatic amines is 1. The summed E-state index contributed by atoms with van der Waals surface area (Å²) in [5, 5.41) is 7.93. The average Bonchev–Trinajstić information content (AvgIpc) is 2.89. The minimum absolute atomic E-state index is 0.0971. The Morgan fingerprint density at radius 1 is 1.30 bits per heavy atom. The van der Waals surface area contributed by atoms with Gasteiger partial charge in [0.25, 0.3) is 5.56 Å². The van der Waals surface area contributed by atoms with E-state index < -0.39 is 11.5 Å². The lowest BCUT2D eigenvalue weighted by Crippen LogP contribution is -2.19. The molecule has 0 unspecified atom stereocenters. The highest BCUT2D eigenvalue weighted by atomic mass is 16.5. The Kier molecular flexibility index (Phi) is 2.79. The van der Waals surface area contributed by atoms with Gasteiger partial charge in [-0.25, -0.2) is 4.79 Å². The number of hydrogen-bond acceptors (Lipinski definition) is 5. The van der Waals surface area contributed by atoms with Crippen LogP contribution in [0.25, 0.3) is 16.9 Å². The maximum Gasteiger partial charge on any atom is 0.343 e. The van der Waals surface area contributed by atoms with Crippen LogP contribution < -0.4 is 5.56 Å². The van der Waals surface area contributed by atoms with Gasteiger partial charge in [-0.05, 0) is 18.2 Å². The van der Waals surface area contributed by atoms with E-state index in [2.05, 4.69) is 20.0 Å². The van der Waals surface area contributed by atoms with Crippen molar-refractivity contribution in [1.29, 1.82) is 0 Å². The minimum Gasteiger partial charge on any atom is -0.465 e. The molecule has 3 aromatic rings. The first-order valence-corrected chi connectivity index (χ1v) is 5.83. The first-order valence-electron chi connectivity index (χ1n) is 5.83. The predicted molar refractivity (Wildman–Crippen MR) is 70.8 cm³/mol. The third kappa shape index (κ3) is 1.85. The standard InChI is InChI=1S/C13H10N4O3/c1-20-13(19)9-7-10-11(14-12(9)18)17(16-15-10)8-5-3-2-4-6-8/h2-7H,1H3,(H,14,18). The van der Waals surface area contributed by atoms with Gasteiger partial charge in [0.15, 0.2) is 5.65 Å². The minimum atomic E-state index is -0.706. The number of rotatable bonds is 2. The normalized spacial score (nSPS) is 10.7. The van der Waals surface area contributed by atoms with Gasteiger partial charge in [-0.2, -0.15) is 4.68 Å². The van der Waals surface area contributed by atoms with Crippen LogP contribution in [0.1, 0.15) is 10.4 Å². The Balaban J connectivity index is 2.23. The van der Waals surface area contributed by atoms with E-state index in [4.69, 9.17) is 0 Å². The second-order valence-electron chi connectivity index (χ2n) is 4.07. The summed E-state index contributed by atoms with van der Waals surface area (Å²) < 4.78 is 6.04. The van der Waals surface area contributed by atoms with Gasteiger partial charge in [-0.3, -0.25) is 4.79 Å². The average molecular weight is 270 g/mol. The smallest absolute Gasteiger partial charge is 0.343 e. The number of aromatic nitrogens is 4. The van der Waals surface area contributed by atoms with Crippen LogP contribution in [0.4, 0.5) is 0 Å². The van der Waals surface area contributed by atoms with Crippen molar-refractivity contribution in [3.05, 3.63) is 52.3 Å². The maximum atomic E-state index is 11.9. The molecule has 0 saturated carbocycles. The highest BCUT2D eigenvalue weighted by Crippen LogP contribution is 2.13. The zero-order valence-corrected chi connectivity index (χ0v) is 10.5. The van der Waals surface area contributed by atoms with E-state index in [0.717, 1.165) is 5.69 Å². The highest BCUT2D eigenvalue weighted by Gasteiger charge is 2.15. The second kappa shape index (κ2) is 4.61. The molecule has 0 aliphatic heterocycles. The number of pyridine rings is 1. The number of methoxy groups -OCH3 is 1. The molecule has 0 aliphatic carbocycles. The Morgan fingerprint density at radius 2 is 2.05 bits per heavy atom. The second-order valence-corrected chi connectivity index (χ2v) is 4.07. The zero-order chi connectivity index (χ0) is 14.1. The van der Waals surface area contributed by atoms with Crippen LogP contribution in [0.15, 0.2) is 41.2 Å². The zero-order valence-electron chi connectivity index (χ0n) is 10.5. The van der Waals surface area contributed by atoms with Crippen molar-refractivity contribution >= 4 is 17.1 Å². The van der Waals surface area contributed by atoms with E-state index in [0.29, 0.717) is 11.2 Å². The van der Waals surface area contributed by atoms with Crippen molar-refractivity contribution in [2.24, 2.45) is 0 Å². The molecule has 0 saturated heterocycles. The molecule has 3 rings (SSSR count). The van der Waals surface area contributed by atoms with Crippen molar-refractivity contribution in [2.75, 3.05) is 7.11 Å². The molecule has 0 bridgehead atoms. The van der Waals surface area contributed by atoms with Gasteiger partial charge in [-0.1, -0.05) is 23.4 Å². The van der Waals surface area contributed by atoms with E-state index in [1.807, 2.05) is 30.3 Å². The van der Waals surface area contributed by atoms with Crippen LogP contribution in [-0.2, 0) is 4.74 Å². The van der Waals surface area contributed by atoms with Crippen LogP contribution in [-0.4, -0.2) is 33.1 Å². The molecule has 1 aromatic carbocycles. The van der Waals surface area contributed by atoms with Crippen LogP contribution in [0, 0.1) is 0 Å². The van der Waals surface area contributed by atoms with Crippen LogP contribution in [0.3, 0.4) is 0 Å². The molecule has 2 aromatic heterocycles. The summed E-state index contributed by atoms with van der Waals surface area (Å²) in [6.07, 6.45) is 0. The summed E-state index contributed by atoms with van der Waals surface area (Å²) in [6, 6.07) is 10.6. The van der Waals surface area contributed by atoms with Crippen molar-refractivity contribution < 1.29 is 9.53 Å². The fourth-order valence-corrected chi connectivity index (χ4v) is 1.90. The number of carbonyl (C=O) groups excluding carboxylic acids is 1. The van der Waals surface area contributed by atoms with E-state index in [1.165, 1.54) is 17.9 Å². The van der Waals surface area contributed by atoms with Crippen molar-refractivity contribution in [3.8, 4) is 5.69 Å². The summed E-state index contributed by atoms with van der Waals surface area (Å²) in [5.74, 6) is -0.706. The van der Waals surface area contributed by atoms with Gasteiger partial charge in [0.1, 0.15) is 11.1 Å². The molecular weight excluding hydrogens is 260 g/mol. The molecule has 2 heterocycles. The van der Waals surface area contributed by atoms with Gasteiger partial charge in [-0.15, -0.1) is 5.10 Å². The lowest BCUT2D eigenvalue weighted by Gasteiger charge is -2.02. The molecule has 0 aliphatic rings. The van der Waals surface area contributed by atoms with Gasteiger partial charge in [0.05, 0.1) is 12.8 Å². The van der Waals surface area contributed by atoms with Crippen LogP contribution >= 0.6 is 0 Å². The molecule has 0 radical (unpaired) electrons. The Hall–Kier alpha value is -2.96. The summed E-state index contributed by atoms with van der Waals surface area (Å²) in [6.45, 7) is 0. The van der Waals surface area contributed by atoms with E-state index in [1.54, 1.807) is 0 Å². The number of benzene rings is 1. The van der Waals surface area contributed by atoms with Gasteiger partial charge in [0.2, 0.25) is 0 Å². The summed E-state index contributed by atoms with van der Waals surface area (Å²) in [7, 11) is 1.22. The number of nitrogens with zero attached hydrogens (tertiary/aromatic N) is 3. The van der Waals surface area contributed by atoms with Gasteiger partial charge >= 0.3 is 5.97 Å². The fraction of sp³-hybridized carbons (Fsp3) is 0.0769. The van der Waals surface area contributed by atoms with E-state index in [-0.39, 0.29) is 5.56 Å². The molecule has 1 N–H and O–H groups in total. The molecule has 20 heavy (non-hydrogen) atoms. The molecule has 0 amide bonds. The lowest BCUT2D eigenvalue weighted by atomic mass is 10.2.